The van der Waals surface area contributed by atoms with Gasteiger partial charge < -0.3 is 30.1 Å². The van der Waals surface area contributed by atoms with Crippen molar-refractivity contribution in [2.24, 2.45) is 0 Å². The maximum absolute atomic E-state index is 11.1. The van der Waals surface area contributed by atoms with Gasteiger partial charge in [0.05, 0.1) is 24.2 Å². The average Bonchev–Trinajstić information content (AvgIpc) is 2.49. The molecule has 2 rings (SSSR count). The highest BCUT2D eigenvalue weighted by Crippen LogP contribution is 2.31. The smallest absolute Gasteiger partial charge is 0.296 e. The molecule has 1 aliphatic rings. The summed E-state index contributed by atoms with van der Waals surface area (Å²) >= 11 is 0. The van der Waals surface area contributed by atoms with Crippen LogP contribution >= 0.6 is 0 Å². The van der Waals surface area contributed by atoms with E-state index in [0.29, 0.717) is 12.4 Å². The summed E-state index contributed by atoms with van der Waals surface area (Å²) in [6.45, 7) is 1.94. The fraction of sp³-hybridized carbons (Fsp3) is 0.538. The van der Waals surface area contributed by atoms with E-state index < -0.39 is 29.5 Å². The molecule has 22 heavy (non-hydrogen) atoms. The van der Waals surface area contributed by atoms with Crippen LogP contribution in [0.5, 0.6) is 5.75 Å². The van der Waals surface area contributed by atoms with Crippen LogP contribution in [0, 0.1) is 10.1 Å². The SMILES string of the molecule is CCOc1ccc(N[C@@H]2OC[C@@H](O)[C@@H](O)[C@@H]2O)c([N+](=O)[O-])c1. The summed E-state index contributed by atoms with van der Waals surface area (Å²) in [6, 6.07) is 4.22. The number of rotatable bonds is 5. The van der Waals surface area contributed by atoms with Gasteiger partial charge in [-0.05, 0) is 19.1 Å². The number of nitro benzene ring substituents is 1. The van der Waals surface area contributed by atoms with Gasteiger partial charge in [-0.3, -0.25) is 10.1 Å². The van der Waals surface area contributed by atoms with Gasteiger partial charge in [0.15, 0.2) is 6.23 Å². The number of aliphatic hydroxyl groups excluding tert-OH is 3. The third-order valence-electron chi connectivity index (χ3n) is 3.28. The molecule has 0 bridgehead atoms. The zero-order chi connectivity index (χ0) is 16.3. The molecule has 1 aromatic carbocycles. The Labute approximate surface area is 126 Å². The maximum Gasteiger partial charge on any atom is 0.296 e. The van der Waals surface area contributed by atoms with Crippen LogP contribution < -0.4 is 10.1 Å². The van der Waals surface area contributed by atoms with E-state index in [1.807, 2.05) is 0 Å². The van der Waals surface area contributed by atoms with Crippen molar-refractivity contribution in [1.82, 2.24) is 0 Å². The van der Waals surface area contributed by atoms with Crippen molar-refractivity contribution in [2.75, 3.05) is 18.5 Å². The Morgan fingerprint density at radius 3 is 2.77 bits per heavy atom. The predicted molar refractivity (Wildman–Crippen MR) is 75.6 cm³/mol. The first-order valence-electron chi connectivity index (χ1n) is 6.77. The molecule has 122 valence electrons. The van der Waals surface area contributed by atoms with Crippen molar-refractivity contribution >= 4 is 11.4 Å². The normalized spacial score (nSPS) is 28.2. The Balaban J connectivity index is 2.20. The van der Waals surface area contributed by atoms with Crippen molar-refractivity contribution < 1.29 is 29.7 Å². The highest BCUT2D eigenvalue weighted by molar-refractivity contribution is 5.64. The van der Waals surface area contributed by atoms with Gasteiger partial charge in [-0.15, -0.1) is 0 Å². The second kappa shape index (κ2) is 6.88. The molecule has 9 nitrogen and oxygen atoms in total. The molecule has 0 saturated carbocycles. The quantitative estimate of drug-likeness (QED) is 0.435. The lowest BCUT2D eigenvalue weighted by atomic mass is 10.0. The van der Waals surface area contributed by atoms with Crippen LogP contribution in [0.2, 0.25) is 0 Å². The van der Waals surface area contributed by atoms with Gasteiger partial charge in [0.25, 0.3) is 5.69 Å². The molecule has 9 heteroatoms. The summed E-state index contributed by atoms with van der Waals surface area (Å²) in [5, 5.41) is 42.6. The molecule has 0 unspecified atom stereocenters. The van der Waals surface area contributed by atoms with E-state index in [-0.39, 0.29) is 18.0 Å². The number of hydrogen-bond donors (Lipinski definition) is 4. The van der Waals surface area contributed by atoms with Gasteiger partial charge in [-0.1, -0.05) is 0 Å². The molecule has 4 N–H and O–H groups in total. The van der Waals surface area contributed by atoms with Crippen LogP contribution in [-0.2, 0) is 4.74 Å². The Morgan fingerprint density at radius 2 is 2.14 bits per heavy atom. The third-order valence-corrected chi connectivity index (χ3v) is 3.28. The zero-order valence-corrected chi connectivity index (χ0v) is 11.9. The minimum absolute atomic E-state index is 0.112. The molecule has 0 aromatic heterocycles. The highest BCUT2D eigenvalue weighted by Gasteiger charge is 2.38. The molecule has 0 radical (unpaired) electrons. The number of nitrogens with one attached hydrogen (secondary N) is 1. The van der Waals surface area contributed by atoms with E-state index >= 15 is 0 Å². The summed E-state index contributed by atoms with van der Waals surface area (Å²) in [7, 11) is 0. The van der Waals surface area contributed by atoms with Crippen molar-refractivity contribution in [3.05, 3.63) is 28.3 Å². The molecule has 1 aliphatic heterocycles. The van der Waals surface area contributed by atoms with Crippen molar-refractivity contribution in [3.63, 3.8) is 0 Å². The number of ether oxygens (including phenoxy) is 2. The summed E-state index contributed by atoms with van der Waals surface area (Å²) in [6.07, 6.45) is -5.10. The maximum atomic E-state index is 11.1. The Kier molecular flexibility index (Phi) is 5.14. The van der Waals surface area contributed by atoms with Crippen LogP contribution in [0.1, 0.15) is 6.92 Å². The van der Waals surface area contributed by atoms with Crippen molar-refractivity contribution in [1.29, 1.82) is 0 Å². The van der Waals surface area contributed by atoms with Crippen molar-refractivity contribution in [2.45, 2.75) is 31.5 Å². The zero-order valence-electron chi connectivity index (χ0n) is 11.9. The third kappa shape index (κ3) is 3.45. The monoisotopic (exact) mass is 314 g/mol. The number of benzene rings is 1. The first-order valence-corrected chi connectivity index (χ1v) is 6.77. The Morgan fingerprint density at radius 1 is 1.41 bits per heavy atom. The predicted octanol–water partition coefficient (Wildman–Crippen LogP) is -0.156. The molecule has 0 aliphatic carbocycles. The Hall–Kier alpha value is -1.94. The fourth-order valence-electron chi connectivity index (χ4n) is 2.13. The molecular formula is C13H18N2O7. The van der Waals surface area contributed by atoms with Gasteiger partial charge in [-0.2, -0.15) is 0 Å². The van der Waals surface area contributed by atoms with Crippen molar-refractivity contribution in [3.8, 4) is 5.75 Å². The molecule has 0 amide bonds. The van der Waals surface area contributed by atoms with E-state index in [9.17, 15) is 25.4 Å². The summed E-state index contributed by atoms with van der Waals surface area (Å²) < 4.78 is 10.4. The van der Waals surface area contributed by atoms with Gasteiger partial charge >= 0.3 is 0 Å². The highest BCUT2D eigenvalue weighted by atomic mass is 16.6. The second-order valence-electron chi connectivity index (χ2n) is 4.82. The molecule has 1 aromatic rings. The first-order chi connectivity index (χ1) is 10.4. The first kappa shape index (κ1) is 16.4. The van der Waals surface area contributed by atoms with E-state index in [4.69, 9.17) is 9.47 Å². The van der Waals surface area contributed by atoms with Crippen LogP contribution in [0.25, 0.3) is 0 Å². The number of nitrogens with zero attached hydrogens (tertiary/aromatic N) is 1. The largest absolute Gasteiger partial charge is 0.494 e. The van der Waals surface area contributed by atoms with E-state index in [2.05, 4.69) is 5.32 Å². The molecule has 0 spiro atoms. The van der Waals surface area contributed by atoms with Crippen LogP contribution in [0.4, 0.5) is 11.4 Å². The van der Waals surface area contributed by atoms with Crippen LogP contribution in [-0.4, -0.2) is 58.0 Å². The lowest BCUT2D eigenvalue weighted by molar-refractivity contribution is -0.384. The summed E-state index contributed by atoms with van der Waals surface area (Å²) in [4.78, 5) is 10.5. The minimum Gasteiger partial charge on any atom is -0.494 e. The fourth-order valence-corrected chi connectivity index (χ4v) is 2.13. The number of aliphatic hydroxyl groups is 3. The minimum atomic E-state index is -1.42. The number of nitro groups is 1. The van der Waals surface area contributed by atoms with Gasteiger partial charge in [0, 0.05) is 0 Å². The lowest BCUT2D eigenvalue weighted by Crippen LogP contribution is -2.55. The lowest BCUT2D eigenvalue weighted by Gasteiger charge is -2.35. The molecular weight excluding hydrogens is 296 g/mol. The van der Waals surface area contributed by atoms with Gasteiger partial charge in [-0.25, -0.2) is 0 Å². The molecule has 1 saturated heterocycles. The number of anilines is 1. The molecule has 1 fully saturated rings. The topological polar surface area (TPSA) is 134 Å². The van der Waals surface area contributed by atoms with Gasteiger partial charge in [0.2, 0.25) is 0 Å². The number of hydrogen-bond acceptors (Lipinski definition) is 8. The summed E-state index contributed by atoms with van der Waals surface area (Å²) in [5.74, 6) is 0.348. The van der Waals surface area contributed by atoms with E-state index in [1.165, 1.54) is 12.1 Å². The molecule has 1 heterocycles. The standard InChI is InChI=1S/C13H18N2O7/c1-2-21-7-3-4-8(9(5-7)15(19)20)14-13-12(18)11(17)10(16)6-22-13/h3-5,10-14,16-18H,2,6H2,1H3/t10-,11-,12+,13-/m1/s1. The van der Waals surface area contributed by atoms with E-state index in [1.54, 1.807) is 13.0 Å². The Bertz CT molecular complexity index is 539. The van der Waals surface area contributed by atoms with Gasteiger partial charge in [0.1, 0.15) is 29.7 Å². The second-order valence-corrected chi connectivity index (χ2v) is 4.82. The summed E-state index contributed by atoms with van der Waals surface area (Å²) in [5.41, 5.74) is -0.136. The molecule has 4 atom stereocenters. The van der Waals surface area contributed by atoms with Crippen LogP contribution in [0.15, 0.2) is 18.2 Å². The average molecular weight is 314 g/mol. The van der Waals surface area contributed by atoms with Crippen LogP contribution in [0.3, 0.4) is 0 Å². The van der Waals surface area contributed by atoms with E-state index in [0.717, 1.165) is 0 Å².